The molecule has 2 unspecified atom stereocenters. The Bertz CT molecular complexity index is 142. The number of rotatable bonds is 9. The Balaban J connectivity index is 0. The second kappa shape index (κ2) is 12.7. The summed E-state index contributed by atoms with van der Waals surface area (Å²) in [6.07, 6.45) is 7.10. The predicted molar refractivity (Wildman–Crippen MR) is 70.8 cm³/mol. The Morgan fingerprint density at radius 2 is 1.75 bits per heavy atom. The summed E-state index contributed by atoms with van der Waals surface area (Å²) in [7, 11) is 0. The van der Waals surface area contributed by atoms with E-state index in [2.05, 4.69) is 25.5 Å². The first-order valence-corrected chi connectivity index (χ1v) is 10.9. The van der Waals surface area contributed by atoms with Crippen molar-refractivity contribution in [3.63, 3.8) is 0 Å². The number of aliphatic hydroxyl groups excluding tert-OH is 1. The van der Waals surface area contributed by atoms with E-state index in [0.29, 0.717) is 0 Å². The Labute approximate surface area is 124 Å². The summed E-state index contributed by atoms with van der Waals surface area (Å²) in [4.78, 5) is 0. The van der Waals surface area contributed by atoms with Crippen LogP contribution in [0.3, 0.4) is 0 Å². The monoisotopic (exact) mass is 408 g/mol. The van der Waals surface area contributed by atoms with Crippen molar-refractivity contribution < 1.29 is 29.1 Å². The average molecular weight is 407 g/mol. The van der Waals surface area contributed by atoms with E-state index < -0.39 is 0 Å². The zero-order chi connectivity index (χ0) is 11.7. The van der Waals surface area contributed by atoms with Gasteiger partial charge < -0.3 is 24.0 Å². The van der Waals surface area contributed by atoms with Crippen molar-refractivity contribution in [3.05, 3.63) is 0 Å². The fourth-order valence-electron chi connectivity index (χ4n) is 2.03. The molecule has 0 saturated carbocycles. The second-order valence-corrected chi connectivity index (χ2v) is 9.83. The topological polar surface area (TPSA) is 20.2 Å². The van der Waals surface area contributed by atoms with Crippen molar-refractivity contribution >= 4 is 13.9 Å². The molecule has 0 bridgehead atoms. The van der Waals surface area contributed by atoms with Crippen LogP contribution >= 0.6 is 0 Å². The normalized spacial score (nSPS) is 14.6. The van der Waals surface area contributed by atoms with Gasteiger partial charge in [0.15, 0.2) is 0 Å². The number of hydrogen-bond acceptors (Lipinski definition) is 1. The zero-order valence-electron chi connectivity index (χ0n) is 11.3. The van der Waals surface area contributed by atoms with Gasteiger partial charge in [0.2, 0.25) is 0 Å². The van der Waals surface area contributed by atoms with Crippen LogP contribution in [0.25, 0.3) is 0 Å². The summed E-state index contributed by atoms with van der Waals surface area (Å²) in [5, 5.41) is 11.2. The van der Waals surface area contributed by atoms with Crippen molar-refractivity contribution in [2.75, 3.05) is 0 Å². The molecule has 1 N–H and O–H groups in total. The van der Waals surface area contributed by atoms with Crippen LogP contribution in [0.2, 0.25) is 17.0 Å². The van der Waals surface area contributed by atoms with E-state index in [1.165, 1.54) is 31.0 Å². The van der Waals surface area contributed by atoms with Crippen LogP contribution in [0, 0.1) is 5.92 Å². The molecule has 100 valence electrons. The zero-order valence-corrected chi connectivity index (χ0v) is 15.2. The molecule has 0 aliphatic heterocycles. The van der Waals surface area contributed by atoms with Crippen LogP contribution in [0.4, 0.5) is 0 Å². The summed E-state index contributed by atoms with van der Waals surface area (Å²) < 4.78 is 0. The third-order valence-electron chi connectivity index (χ3n) is 2.68. The van der Waals surface area contributed by atoms with E-state index in [4.69, 9.17) is 0 Å². The maximum absolute atomic E-state index is 9.85. The van der Waals surface area contributed by atoms with Gasteiger partial charge in [0.25, 0.3) is 0 Å². The van der Waals surface area contributed by atoms with Crippen molar-refractivity contribution in [2.45, 2.75) is 75.4 Å². The number of unbranched alkanes of at least 4 members (excludes halogenated alkanes) is 3. The van der Waals surface area contributed by atoms with Crippen LogP contribution in [0.5, 0.6) is 0 Å². The molecule has 0 aromatic carbocycles. The molecule has 1 nitrogen and oxygen atoms in total. The minimum Gasteiger partial charge on any atom is -1.00 e. The molecule has 0 spiro atoms. The van der Waals surface area contributed by atoms with Crippen molar-refractivity contribution in [1.82, 2.24) is 0 Å². The summed E-state index contributed by atoms with van der Waals surface area (Å²) in [5.41, 5.74) is 0. The smallest absolute Gasteiger partial charge is 1.00 e. The Morgan fingerprint density at radius 1 is 1.12 bits per heavy atom. The molecular formula is C13H29IOSe. The van der Waals surface area contributed by atoms with Crippen molar-refractivity contribution in [1.29, 1.82) is 0 Å². The second-order valence-electron chi connectivity index (χ2n) is 5.00. The first kappa shape index (κ1) is 19.5. The van der Waals surface area contributed by atoms with Gasteiger partial charge in [0, 0.05) is 0 Å². The van der Waals surface area contributed by atoms with Gasteiger partial charge in [-0.15, -0.1) is 0 Å². The Morgan fingerprint density at radius 3 is 2.25 bits per heavy atom. The fourth-order valence-corrected chi connectivity index (χ4v) is 4.70. The standard InChI is InChI=1S/C13H29OSe.HI/c1-5-6-7-8-9-13(14)10-12(2)11-15(3)4;/h12-14H,5-11H2,1-4H3;1H/q+1;/p-1. The van der Waals surface area contributed by atoms with Crippen LogP contribution in [0.15, 0.2) is 0 Å². The molecule has 0 rings (SSSR count). The number of aliphatic hydroxyl groups is 1. The molecule has 0 saturated heterocycles. The molecule has 0 radical (unpaired) electrons. The van der Waals surface area contributed by atoms with Gasteiger partial charge in [-0.3, -0.25) is 0 Å². The van der Waals surface area contributed by atoms with Crippen LogP contribution in [-0.4, -0.2) is 25.1 Å². The van der Waals surface area contributed by atoms with E-state index in [0.717, 1.165) is 18.8 Å². The summed E-state index contributed by atoms with van der Waals surface area (Å²) in [5.74, 6) is 5.49. The molecule has 0 heterocycles. The van der Waals surface area contributed by atoms with E-state index in [1.807, 2.05) is 0 Å². The predicted octanol–water partition coefficient (Wildman–Crippen LogP) is 1.10. The average Bonchev–Trinajstić information content (AvgIpc) is 2.10. The van der Waals surface area contributed by atoms with E-state index in [-0.39, 0.29) is 44.0 Å². The molecule has 2 atom stereocenters. The maximum Gasteiger partial charge on any atom is -1.00 e. The SMILES string of the molecule is CCCCCCC(O)CC(C)C[Se+](C)C.[I-]. The first-order chi connectivity index (χ1) is 7.06. The van der Waals surface area contributed by atoms with Gasteiger partial charge in [0.05, 0.1) is 0 Å². The van der Waals surface area contributed by atoms with Gasteiger partial charge >= 0.3 is 100 Å². The molecule has 0 amide bonds. The van der Waals surface area contributed by atoms with Gasteiger partial charge in [-0.1, -0.05) is 0 Å². The molecule has 16 heavy (non-hydrogen) atoms. The largest absolute Gasteiger partial charge is 1.00 e. The number of hydrogen-bond donors (Lipinski definition) is 1. The van der Waals surface area contributed by atoms with E-state index in [1.54, 1.807) is 0 Å². The fraction of sp³-hybridized carbons (Fsp3) is 1.00. The van der Waals surface area contributed by atoms with E-state index in [9.17, 15) is 5.11 Å². The molecule has 0 aliphatic rings. The van der Waals surface area contributed by atoms with Gasteiger partial charge in [-0.25, -0.2) is 0 Å². The van der Waals surface area contributed by atoms with Crippen molar-refractivity contribution in [2.24, 2.45) is 5.92 Å². The Hall–Kier alpha value is 1.21. The van der Waals surface area contributed by atoms with Gasteiger partial charge in [-0.05, 0) is 0 Å². The molecule has 0 aromatic rings. The van der Waals surface area contributed by atoms with Gasteiger partial charge in [-0.2, -0.15) is 0 Å². The summed E-state index contributed by atoms with van der Waals surface area (Å²) >= 11 is -0.317. The maximum atomic E-state index is 9.85. The summed E-state index contributed by atoms with van der Waals surface area (Å²) in [6.45, 7) is 4.52. The van der Waals surface area contributed by atoms with Crippen LogP contribution in [0.1, 0.15) is 52.4 Å². The minimum atomic E-state index is -0.317. The van der Waals surface area contributed by atoms with Crippen LogP contribution in [-0.2, 0) is 0 Å². The quantitative estimate of drug-likeness (QED) is 0.345. The number of halogens is 1. The van der Waals surface area contributed by atoms with Crippen LogP contribution < -0.4 is 24.0 Å². The summed E-state index contributed by atoms with van der Waals surface area (Å²) in [6, 6.07) is 0. The first-order valence-electron chi connectivity index (χ1n) is 6.28. The molecule has 0 aromatic heterocycles. The van der Waals surface area contributed by atoms with E-state index >= 15 is 0 Å². The van der Waals surface area contributed by atoms with Crippen molar-refractivity contribution in [3.8, 4) is 0 Å². The third kappa shape index (κ3) is 13.3. The third-order valence-corrected chi connectivity index (χ3v) is 5.28. The van der Waals surface area contributed by atoms with Gasteiger partial charge in [0.1, 0.15) is 0 Å². The molecular weight excluding hydrogens is 378 g/mol. The molecule has 0 aliphatic carbocycles. The molecule has 3 heteroatoms. The Kier molecular flexibility index (Phi) is 15.5. The molecule has 0 fully saturated rings. The minimum absolute atomic E-state index is 0.